The molecule has 0 unspecified atom stereocenters. The topological polar surface area (TPSA) is 24.4 Å². The minimum absolute atomic E-state index is 0.349. The molecular weight excluding hydrogens is 424 g/mol. The van der Waals surface area contributed by atoms with Crippen LogP contribution in [0.4, 0.5) is 0 Å². The number of amidine groups is 1. The zero-order valence-corrected chi connectivity index (χ0v) is 18.8. The Balaban J connectivity index is 1.43. The minimum Gasteiger partial charge on any atom is -0.330 e. The van der Waals surface area contributed by atoms with Crippen molar-refractivity contribution in [1.29, 1.82) is 0 Å². The Bertz CT molecular complexity index is 1350. The maximum atomic E-state index is 6.55. The molecule has 0 fully saturated rings. The molecule has 1 N–H and O–H groups in total. The lowest BCUT2D eigenvalue weighted by Crippen LogP contribution is -2.17. The summed E-state index contributed by atoms with van der Waals surface area (Å²) in [5.74, 6) is 0. The number of hydrogen-bond acceptors (Lipinski definition) is 2. The molecule has 0 saturated carbocycles. The molecule has 0 spiro atoms. The number of benzene rings is 4. The molecule has 0 bridgehead atoms. The summed E-state index contributed by atoms with van der Waals surface area (Å²) in [5, 5.41) is 3.65. The van der Waals surface area contributed by atoms with Crippen LogP contribution in [0, 0.1) is 0 Å². The van der Waals surface area contributed by atoms with E-state index in [-0.39, 0.29) is 0 Å². The van der Waals surface area contributed by atoms with Crippen LogP contribution in [0.25, 0.3) is 33.6 Å². The summed E-state index contributed by atoms with van der Waals surface area (Å²) in [7, 11) is 0. The summed E-state index contributed by atoms with van der Waals surface area (Å²) >= 11 is 6.55. The average molecular weight is 447 g/mol. The highest BCUT2D eigenvalue weighted by molar-refractivity contribution is 6.65. The van der Waals surface area contributed by atoms with Crippen molar-refractivity contribution >= 4 is 28.3 Å². The van der Waals surface area contributed by atoms with Gasteiger partial charge in [-0.25, -0.2) is 4.99 Å². The lowest BCUT2D eigenvalue weighted by molar-refractivity contribution is 1.23. The molecule has 1 heterocycles. The van der Waals surface area contributed by atoms with Gasteiger partial charge in [-0.3, -0.25) is 0 Å². The molecule has 4 aromatic rings. The highest BCUT2D eigenvalue weighted by atomic mass is 35.5. The van der Waals surface area contributed by atoms with Gasteiger partial charge >= 0.3 is 0 Å². The summed E-state index contributed by atoms with van der Waals surface area (Å²) in [6.45, 7) is 0. The normalized spacial score (nSPS) is 15.2. The third-order valence-corrected chi connectivity index (χ3v) is 5.81. The number of hydrogen-bond donors (Lipinski definition) is 1. The molecule has 0 aromatic heterocycles. The van der Waals surface area contributed by atoms with E-state index in [4.69, 9.17) is 11.6 Å². The number of rotatable bonds is 4. The first-order chi connectivity index (χ1) is 16.3. The Labute approximate surface area is 199 Å². The van der Waals surface area contributed by atoms with Gasteiger partial charge in [-0.1, -0.05) is 109 Å². The highest BCUT2D eigenvalue weighted by Gasteiger charge is 2.10. The number of aliphatic imine (C=N–C) groups is 1. The number of allylic oxidation sites excluding steroid dienone is 2. The molecule has 5 rings (SSSR count). The fourth-order valence-corrected chi connectivity index (χ4v) is 4.18. The molecule has 0 radical (unpaired) electrons. The second-order valence-electron chi connectivity index (χ2n) is 7.86. The summed E-state index contributed by atoms with van der Waals surface area (Å²) in [6.07, 6.45) is 5.02. The van der Waals surface area contributed by atoms with Crippen LogP contribution in [0.1, 0.15) is 17.5 Å². The van der Waals surface area contributed by atoms with Gasteiger partial charge in [0.1, 0.15) is 0 Å². The van der Waals surface area contributed by atoms with E-state index < -0.39 is 0 Å². The monoisotopic (exact) mass is 446 g/mol. The molecular formula is C30H23ClN2. The van der Waals surface area contributed by atoms with E-state index in [0.717, 1.165) is 34.5 Å². The van der Waals surface area contributed by atoms with Crippen molar-refractivity contribution in [2.24, 2.45) is 4.99 Å². The van der Waals surface area contributed by atoms with Gasteiger partial charge in [0.2, 0.25) is 5.29 Å². The van der Waals surface area contributed by atoms with Crippen LogP contribution in [0.3, 0.4) is 0 Å². The van der Waals surface area contributed by atoms with Gasteiger partial charge in [0.25, 0.3) is 0 Å². The van der Waals surface area contributed by atoms with E-state index in [9.17, 15) is 0 Å². The quantitative estimate of drug-likeness (QED) is 0.315. The van der Waals surface area contributed by atoms with E-state index in [1.807, 2.05) is 12.1 Å². The van der Waals surface area contributed by atoms with Crippen LogP contribution < -0.4 is 5.32 Å². The van der Waals surface area contributed by atoms with Crippen LogP contribution in [0.2, 0.25) is 0 Å². The van der Waals surface area contributed by atoms with E-state index in [2.05, 4.69) is 120 Å². The van der Waals surface area contributed by atoms with E-state index in [0.29, 0.717) is 5.29 Å². The van der Waals surface area contributed by atoms with E-state index in [1.54, 1.807) is 0 Å². The van der Waals surface area contributed by atoms with Gasteiger partial charge in [-0.05, 0) is 58.0 Å². The smallest absolute Gasteiger partial charge is 0.200 e. The van der Waals surface area contributed by atoms with E-state index in [1.165, 1.54) is 16.7 Å². The van der Waals surface area contributed by atoms with Crippen molar-refractivity contribution in [3.63, 3.8) is 0 Å². The highest BCUT2D eigenvalue weighted by Crippen LogP contribution is 2.28. The van der Waals surface area contributed by atoms with Crippen LogP contribution in [-0.4, -0.2) is 5.29 Å². The van der Waals surface area contributed by atoms with Gasteiger partial charge in [-0.2, -0.15) is 0 Å². The van der Waals surface area contributed by atoms with Crippen LogP contribution in [0.5, 0.6) is 0 Å². The molecule has 1 aliphatic heterocycles. The van der Waals surface area contributed by atoms with Crippen molar-refractivity contribution in [3.05, 3.63) is 132 Å². The first-order valence-corrected chi connectivity index (χ1v) is 11.4. The van der Waals surface area contributed by atoms with Crippen molar-refractivity contribution in [3.8, 4) is 22.3 Å². The van der Waals surface area contributed by atoms with Gasteiger partial charge < -0.3 is 5.32 Å². The molecule has 33 heavy (non-hydrogen) atoms. The summed E-state index contributed by atoms with van der Waals surface area (Å²) < 4.78 is 0. The number of nitrogens with one attached hydrogen (secondary N) is 1. The second-order valence-corrected chi connectivity index (χ2v) is 8.22. The zero-order valence-electron chi connectivity index (χ0n) is 18.1. The van der Waals surface area contributed by atoms with E-state index >= 15 is 0 Å². The second kappa shape index (κ2) is 9.72. The van der Waals surface area contributed by atoms with Gasteiger partial charge in [-0.15, -0.1) is 0 Å². The Morgan fingerprint density at radius 2 is 1.06 bits per heavy atom. The Hall–Kier alpha value is -3.88. The Morgan fingerprint density at radius 1 is 0.545 bits per heavy atom. The fraction of sp³-hybridized carbons (Fsp3) is 0.0333. The molecule has 0 amide bonds. The molecule has 0 aliphatic carbocycles. The van der Waals surface area contributed by atoms with Gasteiger partial charge in [0.05, 0.1) is 5.70 Å². The number of nitrogens with zero attached hydrogens (tertiary/aromatic N) is 1. The minimum atomic E-state index is 0.349. The summed E-state index contributed by atoms with van der Waals surface area (Å²) in [6, 6.07) is 37.6. The average Bonchev–Trinajstić information content (AvgIpc) is 2.87. The summed E-state index contributed by atoms with van der Waals surface area (Å²) in [5.41, 5.74) is 8.62. The van der Waals surface area contributed by atoms with Crippen molar-refractivity contribution in [2.75, 3.05) is 0 Å². The molecule has 4 aromatic carbocycles. The first kappa shape index (κ1) is 21.0. The zero-order chi connectivity index (χ0) is 22.5. The van der Waals surface area contributed by atoms with Crippen molar-refractivity contribution < 1.29 is 0 Å². The molecule has 160 valence electrons. The fourth-order valence-electron chi connectivity index (χ4n) is 3.99. The largest absolute Gasteiger partial charge is 0.330 e. The van der Waals surface area contributed by atoms with Crippen LogP contribution >= 0.6 is 11.6 Å². The van der Waals surface area contributed by atoms with Crippen LogP contribution in [0.15, 0.2) is 126 Å². The lowest BCUT2D eigenvalue weighted by atomic mass is 10.0. The Kier molecular flexibility index (Phi) is 6.19. The predicted octanol–water partition coefficient (Wildman–Crippen LogP) is 7.99. The molecule has 1 aliphatic rings. The Morgan fingerprint density at radius 3 is 1.70 bits per heavy atom. The van der Waals surface area contributed by atoms with Crippen LogP contribution in [-0.2, 0) is 0 Å². The molecule has 0 saturated heterocycles. The van der Waals surface area contributed by atoms with Gasteiger partial charge in [0.15, 0.2) is 0 Å². The maximum Gasteiger partial charge on any atom is 0.200 e. The molecule has 3 heteroatoms. The molecule has 2 nitrogen and oxygen atoms in total. The van der Waals surface area contributed by atoms with Gasteiger partial charge in [0, 0.05) is 11.3 Å². The third-order valence-electron chi connectivity index (χ3n) is 5.64. The third kappa shape index (κ3) is 4.97. The van der Waals surface area contributed by atoms with Crippen molar-refractivity contribution in [1.82, 2.24) is 5.32 Å². The molecule has 0 atom stereocenters. The predicted molar refractivity (Wildman–Crippen MR) is 141 cm³/mol. The SMILES string of the molecule is ClC1=N/C(c2cccc(-c3ccccc3)c2)=C/CC=C(c2cccc(-c3ccccc3)c2)N1. The summed E-state index contributed by atoms with van der Waals surface area (Å²) in [4.78, 5) is 4.69. The first-order valence-electron chi connectivity index (χ1n) is 11.0. The lowest BCUT2D eigenvalue weighted by Gasteiger charge is -2.15. The standard InChI is InChI=1S/C30H23ClN2/c31-30-32-28(26-16-7-14-24(20-26)22-10-3-1-4-11-22)18-9-19-29(33-30)27-17-8-15-25(21-27)23-12-5-2-6-13-23/h1-8,10-21H,9H2,(H,32,33)/b28-18+,29-19?. The van der Waals surface area contributed by atoms with Crippen molar-refractivity contribution in [2.45, 2.75) is 6.42 Å². The maximum absolute atomic E-state index is 6.55. The number of halogens is 1.